The first-order valence-electron chi connectivity index (χ1n) is 9.21. The first kappa shape index (κ1) is 18.2. The molecule has 0 fully saturated rings. The lowest BCUT2D eigenvalue weighted by Gasteiger charge is -2.12. The summed E-state index contributed by atoms with van der Waals surface area (Å²) >= 11 is 0. The second-order valence-electron chi connectivity index (χ2n) is 6.59. The first-order chi connectivity index (χ1) is 13.7. The third kappa shape index (κ3) is 3.48. The van der Waals surface area contributed by atoms with Crippen LogP contribution in [0.1, 0.15) is 35.4 Å². The van der Waals surface area contributed by atoms with E-state index < -0.39 is 0 Å². The van der Waals surface area contributed by atoms with Crippen molar-refractivity contribution >= 4 is 16.9 Å². The van der Waals surface area contributed by atoms with E-state index in [4.69, 9.17) is 4.74 Å². The minimum Gasteiger partial charge on any atom is -0.370 e. The zero-order chi connectivity index (χ0) is 19.5. The Labute approximate surface area is 162 Å². The average molecular weight is 379 g/mol. The van der Waals surface area contributed by atoms with Crippen molar-refractivity contribution in [1.29, 1.82) is 0 Å². The van der Waals surface area contributed by atoms with Gasteiger partial charge in [-0.1, -0.05) is 13.0 Å². The van der Waals surface area contributed by atoms with Crippen molar-refractivity contribution in [1.82, 2.24) is 20.2 Å². The predicted octanol–water partition coefficient (Wildman–Crippen LogP) is 4.34. The van der Waals surface area contributed by atoms with Crippen LogP contribution >= 0.6 is 0 Å². The highest BCUT2D eigenvalue weighted by Crippen LogP contribution is 2.30. The van der Waals surface area contributed by atoms with E-state index in [0.29, 0.717) is 12.4 Å². The Morgan fingerprint density at radius 1 is 1.21 bits per heavy atom. The van der Waals surface area contributed by atoms with Crippen molar-refractivity contribution < 1.29 is 9.13 Å². The number of rotatable bonds is 7. The van der Waals surface area contributed by atoms with E-state index in [1.165, 1.54) is 6.07 Å². The maximum atomic E-state index is 13.4. The molecule has 3 aromatic heterocycles. The van der Waals surface area contributed by atoms with Gasteiger partial charge in [0.25, 0.3) is 0 Å². The fraction of sp³-hybridized carbons (Fsp3) is 0.238. The van der Waals surface area contributed by atoms with Crippen LogP contribution in [0, 0.1) is 5.82 Å². The van der Waals surface area contributed by atoms with Gasteiger partial charge in [0.1, 0.15) is 23.4 Å². The van der Waals surface area contributed by atoms with Crippen molar-refractivity contribution in [2.24, 2.45) is 0 Å². The smallest absolute Gasteiger partial charge is 0.148 e. The molecule has 0 radical (unpaired) electrons. The monoisotopic (exact) mass is 379 g/mol. The number of aromatic nitrogens is 4. The van der Waals surface area contributed by atoms with E-state index in [1.807, 2.05) is 37.4 Å². The van der Waals surface area contributed by atoms with Gasteiger partial charge in [-0.15, -0.1) is 0 Å². The summed E-state index contributed by atoms with van der Waals surface area (Å²) < 4.78 is 19.1. The Balaban J connectivity index is 1.53. The van der Waals surface area contributed by atoms with Crippen LogP contribution in [0.15, 0.2) is 48.8 Å². The lowest BCUT2D eigenvalue weighted by molar-refractivity contribution is 0.134. The topological polar surface area (TPSA) is 78.6 Å². The number of hydrogen-bond acceptors (Lipinski definition) is 4. The highest BCUT2D eigenvalue weighted by Gasteiger charge is 2.20. The molecule has 7 heteroatoms. The summed E-state index contributed by atoms with van der Waals surface area (Å²) in [6, 6.07) is 10.7. The summed E-state index contributed by atoms with van der Waals surface area (Å²) in [6.07, 6.45) is 4.15. The van der Waals surface area contributed by atoms with Crippen LogP contribution in [-0.2, 0) is 17.7 Å². The van der Waals surface area contributed by atoms with E-state index in [0.717, 1.165) is 39.8 Å². The Kier molecular flexibility index (Phi) is 5.08. The van der Waals surface area contributed by atoms with Crippen molar-refractivity contribution in [3.05, 3.63) is 77.0 Å². The van der Waals surface area contributed by atoms with Crippen LogP contribution in [0.2, 0.25) is 0 Å². The molecule has 0 spiro atoms. The van der Waals surface area contributed by atoms with Gasteiger partial charge in [-0.05, 0) is 41.8 Å². The summed E-state index contributed by atoms with van der Waals surface area (Å²) in [7, 11) is 1.67. The summed E-state index contributed by atoms with van der Waals surface area (Å²) in [5, 5.41) is 11.7. The van der Waals surface area contributed by atoms with Gasteiger partial charge in [-0.25, -0.2) is 9.37 Å². The molecule has 0 amide bonds. The Hall–Kier alpha value is -3.19. The number of aryl methyl sites for hydroxylation is 1. The second kappa shape index (κ2) is 7.82. The molecule has 144 valence electrons. The molecule has 1 aromatic carbocycles. The van der Waals surface area contributed by atoms with Crippen LogP contribution in [-0.4, -0.2) is 27.3 Å². The Bertz CT molecular complexity index is 1090. The summed E-state index contributed by atoms with van der Waals surface area (Å²) in [4.78, 5) is 7.50. The molecule has 0 bridgehead atoms. The van der Waals surface area contributed by atoms with Crippen LogP contribution < -0.4 is 5.32 Å². The van der Waals surface area contributed by atoms with Crippen LogP contribution in [0.3, 0.4) is 0 Å². The third-order valence-corrected chi connectivity index (χ3v) is 4.89. The number of nitrogens with zero attached hydrogens (tertiary/aromatic N) is 2. The SMILES string of the molecule is CCc1cc(F)ccc1CNc1cc(C(OC)c2c[nH]c3ncccc23)[nH]n1. The maximum Gasteiger partial charge on any atom is 0.148 e. The molecule has 0 aliphatic carbocycles. The Morgan fingerprint density at radius 2 is 2.11 bits per heavy atom. The molecule has 6 nitrogen and oxygen atoms in total. The molecule has 4 aromatic rings. The van der Waals surface area contributed by atoms with Gasteiger partial charge in [-0.3, -0.25) is 5.10 Å². The van der Waals surface area contributed by atoms with E-state index in [1.54, 1.807) is 19.4 Å². The van der Waals surface area contributed by atoms with Crippen molar-refractivity contribution in [3.8, 4) is 0 Å². The standard InChI is InChI=1S/C21H22FN5O/c1-3-13-9-15(22)7-6-14(13)11-24-19-10-18(26-27-19)20(28-2)17-12-25-21-16(17)5-4-8-23-21/h4-10,12,20H,3,11H2,1-2H3,(H,23,25)(H2,24,26,27). The highest BCUT2D eigenvalue weighted by molar-refractivity contribution is 5.80. The summed E-state index contributed by atoms with van der Waals surface area (Å²) in [6.45, 7) is 2.59. The van der Waals surface area contributed by atoms with E-state index in [2.05, 4.69) is 25.5 Å². The molecule has 4 rings (SSSR count). The fourth-order valence-corrected chi connectivity index (χ4v) is 3.46. The van der Waals surface area contributed by atoms with Gasteiger partial charge in [0.2, 0.25) is 0 Å². The number of pyridine rings is 1. The number of nitrogens with one attached hydrogen (secondary N) is 3. The largest absolute Gasteiger partial charge is 0.370 e. The number of benzene rings is 1. The highest BCUT2D eigenvalue weighted by atomic mass is 19.1. The number of fused-ring (bicyclic) bond motifs is 1. The van der Waals surface area contributed by atoms with Crippen LogP contribution in [0.4, 0.5) is 10.2 Å². The zero-order valence-electron chi connectivity index (χ0n) is 15.8. The molecule has 3 heterocycles. The lowest BCUT2D eigenvalue weighted by atomic mass is 10.0. The predicted molar refractivity (Wildman–Crippen MR) is 107 cm³/mol. The van der Waals surface area contributed by atoms with E-state index in [9.17, 15) is 4.39 Å². The normalized spacial score (nSPS) is 12.4. The summed E-state index contributed by atoms with van der Waals surface area (Å²) in [5.41, 5.74) is 4.70. The number of hydrogen-bond donors (Lipinski definition) is 3. The third-order valence-electron chi connectivity index (χ3n) is 4.89. The molecular formula is C21H22FN5O. The van der Waals surface area contributed by atoms with Crippen LogP contribution in [0.5, 0.6) is 0 Å². The van der Waals surface area contributed by atoms with E-state index in [-0.39, 0.29) is 11.9 Å². The van der Waals surface area contributed by atoms with Gasteiger partial charge in [0.05, 0.1) is 5.69 Å². The fourth-order valence-electron chi connectivity index (χ4n) is 3.46. The quantitative estimate of drug-likeness (QED) is 0.446. The van der Waals surface area contributed by atoms with Crippen molar-refractivity contribution in [2.75, 3.05) is 12.4 Å². The van der Waals surface area contributed by atoms with Gasteiger partial charge in [0, 0.05) is 43.1 Å². The van der Waals surface area contributed by atoms with Crippen molar-refractivity contribution in [2.45, 2.75) is 26.0 Å². The van der Waals surface area contributed by atoms with Gasteiger partial charge < -0.3 is 15.0 Å². The first-order valence-corrected chi connectivity index (χ1v) is 9.21. The second-order valence-corrected chi connectivity index (χ2v) is 6.59. The molecule has 3 N–H and O–H groups in total. The summed E-state index contributed by atoms with van der Waals surface area (Å²) in [5.74, 6) is 0.500. The molecule has 0 saturated carbocycles. The molecule has 0 saturated heterocycles. The van der Waals surface area contributed by atoms with Gasteiger partial charge >= 0.3 is 0 Å². The van der Waals surface area contributed by atoms with Crippen molar-refractivity contribution in [3.63, 3.8) is 0 Å². The molecule has 1 atom stereocenters. The minimum absolute atomic E-state index is 0.209. The number of ether oxygens (including phenoxy) is 1. The lowest BCUT2D eigenvalue weighted by Crippen LogP contribution is -2.04. The number of H-pyrrole nitrogens is 2. The zero-order valence-corrected chi connectivity index (χ0v) is 15.8. The van der Waals surface area contributed by atoms with E-state index >= 15 is 0 Å². The molecular weight excluding hydrogens is 357 g/mol. The Morgan fingerprint density at radius 3 is 2.93 bits per heavy atom. The van der Waals surface area contributed by atoms with Crippen LogP contribution in [0.25, 0.3) is 11.0 Å². The molecule has 1 unspecified atom stereocenters. The number of aromatic amines is 2. The minimum atomic E-state index is -0.293. The molecule has 28 heavy (non-hydrogen) atoms. The number of anilines is 1. The van der Waals surface area contributed by atoms with Gasteiger partial charge in [0.15, 0.2) is 0 Å². The number of halogens is 1. The van der Waals surface area contributed by atoms with Gasteiger partial charge in [-0.2, -0.15) is 5.10 Å². The molecule has 0 aliphatic rings. The number of methoxy groups -OCH3 is 1. The average Bonchev–Trinajstić information content (AvgIpc) is 3.36. The molecule has 0 aliphatic heterocycles. The maximum absolute atomic E-state index is 13.4.